The fourth-order valence-electron chi connectivity index (χ4n) is 6.63. The van der Waals surface area contributed by atoms with E-state index in [1.807, 2.05) is 48.5 Å². The molecule has 214 valence electrons. The van der Waals surface area contributed by atoms with Crippen molar-refractivity contribution in [3.63, 3.8) is 0 Å². The molecule has 1 atom stereocenters. The largest absolute Gasteiger partial charge is 0.354 e. The molecule has 2 aromatic heterocycles. The summed E-state index contributed by atoms with van der Waals surface area (Å²) < 4.78 is 2.30. The Kier molecular flexibility index (Phi) is 6.06. The first-order valence-corrected chi connectivity index (χ1v) is 15.3. The van der Waals surface area contributed by atoms with E-state index in [1.54, 1.807) is 16.7 Å². The summed E-state index contributed by atoms with van der Waals surface area (Å²) in [6, 6.07) is 30.7. The molecule has 0 spiro atoms. The van der Waals surface area contributed by atoms with E-state index in [0.717, 1.165) is 56.5 Å². The molecule has 8 heteroatoms. The number of allylic oxidation sites excluding steroid dienone is 1. The Bertz CT molecular complexity index is 2360. The van der Waals surface area contributed by atoms with Crippen molar-refractivity contribution in [1.82, 2.24) is 9.55 Å². The van der Waals surface area contributed by atoms with Gasteiger partial charge in [-0.2, -0.15) is 0 Å². The molecule has 4 aromatic carbocycles. The molecule has 1 unspecified atom stereocenters. The zero-order valence-corrected chi connectivity index (χ0v) is 24.6. The number of nitro benzene ring substituents is 1. The van der Waals surface area contributed by atoms with Gasteiger partial charge < -0.3 is 4.98 Å². The smallest absolute Gasteiger partial charge is 0.271 e. The lowest BCUT2D eigenvalue weighted by molar-refractivity contribution is -0.384. The van der Waals surface area contributed by atoms with Crippen molar-refractivity contribution in [3.8, 4) is 11.3 Å². The van der Waals surface area contributed by atoms with Gasteiger partial charge in [0.2, 0.25) is 0 Å². The number of hydrogen-bond acceptors (Lipinski definition) is 5. The number of aromatic nitrogens is 2. The first-order chi connectivity index (χ1) is 21.5. The zero-order valence-electron chi connectivity index (χ0n) is 23.8. The first kappa shape index (κ1) is 26.3. The summed E-state index contributed by atoms with van der Waals surface area (Å²) in [4.78, 5) is 35.1. The highest BCUT2D eigenvalue weighted by atomic mass is 32.1. The molecule has 0 radical (unpaired) electrons. The number of fused-ring (bicyclic) bond motifs is 4. The zero-order chi connectivity index (χ0) is 29.9. The summed E-state index contributed by atoms with van der Waals surface area (Å²) >= 11 is 1.36. The van der Waals surface area contributed by atoms with Crippen molar-refractivity contribution in [2.24, 2.45) is 4.99 Å². The van der Waals surface area contributed by atoms with Crippen molar-refractivity contribution in [3.05, 3.63) is 160 Å². The lowest BCUT2D eigenvalue weighted by Gasteiger charge is -2.30. The average Bonchev–Trinajstić information content (AvgIpc) is 3.58. The van der Waals surface area contributed by atoms with Gasteiger partial charge in [0.1, 0.15) is 0 Å². The number of hydrogen-bond donors (Lipinski definition) is 1. The summed E-state index contributed by atoms with van der Waals surface area (Å²) in [5.41, 5.74) is 9.78. The maximum absolute atomic E-state index is 14.4. The summed E-state index contributed by atoms with van der Waals surface area (Å²) in [6.07, 6.45) is 3.51. The van der Waals surface area contributed by atoms with Gasteiger partial charge in [0.25, 0.3) is 11.2 Å². The number of aryl methyl sites for hydroxylation is 2. The number of H-pyrrole nitrogens is 1. The molecule has 0 fully saturated rings. The number of para-hydroxylation sites is 1. The van der Waals surface area contributed by atoms with Crippen molar-refractivity contribution < 1.29 is 4.92 Å². The van der Waals surface area contributed by atoms with E-state index < -0.39 is 6.04 Å². The van der Waals surface area contributed by atoms with E-state index in [2.05, 4.69) is 48.3 Å². The standard InChI is InChI=1S/C36H26N4O3S/c1-21-9-7-16-27-29(32(37-31(21)27)23-11-3-2-4-12-23)20-30-35(41)39-34(24-13-8-14-25(19-24)40(42)43)28-18-17-22-10-5-6-15-26(22)33(28)38-36(39)44-30/h2-16,19-20,34,37H,17-18H2,1H3. The lowest BCUT2D eigenvalue weighted by atomic mass is 9.83. The second kappa shape index (κ2) is 10.1. The van der Waals surface area contributed by atoms with Gasteiger partial charge in [-0.05, 0) is 53.7 Å². The minimum atomic E-state index is -0.490. The van der Waals surface area contributed by atoms with Crippen LogP contribution in [0.2, 0.25) is 0 Å². The molecular formula is C36H26N4O3S. The SMILES string of the molecule is Cc1cccc2c(C=c3sc4n(c3=O)C(c3cccc([N+](=O)[O-])c3)C3=C(N=4)c4ccccc4CC3)c(-c3ccccc3)[nH]c12. The molecule has 2 aliphatic rings. The molecule has 8 rings (SSSR count). The van der Waals surface area contributed by atoms with Crippen LogP contribution in [0.1, 0.15) is 40.3 Å². The van der Waals surface area contributed by atoms with Gasteiger partial charge in [0, 0.05) is 34.2 Å². The van der Waals surface area contributed by atoms with E-state index in [1.165, 1.54) is 23.0 Å². The summed E-state index contributed by atoms with van der Waals surface area (Å²) in [5, 5.41) is 12.8. The second-order valence-corrected chi connectivity index (χ2v) is 12.3. The third-order valence-electron chi connectivity index (χ3n) is 8.69. The molecule has 1 aliphatic carbocycles. The maximum Gasteiger partial charge on any atom is 0.271 e. The Morgan fingerprint density at radius 2 is 1.77 bits per heavy atom. The number of aromatic amines is 1. The highest BCUT2D eigenvalue weighted by Crippen LogP contribution is 2.42. The Morgan fingerprint density at radius 3 is 2.61 bits per heavy atom. The molecule has 0 amide bonds. The van der Waals surface area contributed by atoms with Gasteiger partial charge in [-0.15, -0.1) is 0 Å². The van der Waals surface area contributed by atoms with Gasteiger partial charge in [0.15, 0.2) is 4.80 Å². The molecular weight excluding hydrogens is 568 g/mol. The molecule has 7 nitrogen and oxygen atoms in total. The van der Waals surface area contributed by atoms with Gasteiger partial charge in [-0.1, -0.05) is 96.3 Å². The number of nitrogens with one attached hydrogen (secondary N) is 1. The van der Waals surface area contributed by atoms with Crippen LogP contribution in [-0.2, 0) is 6.42 Å². The quantitative estimate of drug-likeness (QED) is 0.182. The van der Waals surface area contributed by atoms with Crippen molar-refractivity contribution in [2.75, 3.05) is 0 Å². The van der Waals surface area contributed by atoms with Crippen molar-refractivity contribution in [1.29, 1.82) is 0 Å². The molecule has 0 saturated heterocycles. The van der Waals surface area contributed by atoms with Crippen LogP contribution >= 0.6 is 11.3 Å². The van der Waals surface area contributed by atoms with E-state index in [4.69, 9.17) is 4.99 Å². The number of nitrogens with zero attached hydrogens (tertiary/aromatic N) is 3. The fraction of sp³-hybridized carbons (Fsp3) is 0.111. The average molecular weight is 595 g/mol. The van der Waals surface area contributed by atoms with Crippen LogP contribution in [0.25, 0.3) is 33.9 Å². The highest BCUT2D eigenvalue weighted by Gasteiger charge is 2.33. The molecule has 44 heavy (non-hydrogen) atoms. The van der Waals surface area contributed by atoms with Crippen LogP contribution in [0.5, 0.6) is 0 Å². The van der Waals surface area contributed by atoms with Crippen LogP contribution < -0.4 is 14.9 Å². The summed E-state index contributed by atoms with van der Waals surface area (Å²) in [6.45, 7) is 2.08. The Balaban J connectivity index is 1.41. The molecule has 6 aromatic rings. The minimum absolute atomic E-state index is 0.00153. The predicted octanol–water partition coefficient (Wildman–Crippen LogP) is 6.68. The van der Waals surface area contributed by atoms with Gasteiger partial charge >= 0.3 is 0 Å². The molecule has 0 bridgehead atoms. The van der Waals surface area contributed by atoms with E-state index in [-0.39, 0.29) is 16.2 Å². The van der Waals surface area contributed by atoms with Gasteiger partial charge in [-0.25, -0.2) is 4.99 Å². The van der Waals surface area contributed by atoms with E-state index in [9.17, 15) is 14.9 Å². The molecule has 1 aliphatic heterocycles. The lowest BCUT2D eigenvalue weighted by Crippen LogP contribution is -2.38. The van der Waals surface area contributed by atoms with Crippen LogP contribution in [0.3, 0.4) is 0 Å². The Hall–Kier alpha value is -5.34. The Labute approximate surface area is 255 Å². The number of benzene rings is 4. The van der Waals surface area contributed by atoms with Crippen molar-refractivity contribution >= 4 is 39.7 Å². The highest BCUT2D eigenvalue weighted by molar-refractivity contribution is 7.07. The summed E-state index contributed by atoms with van der Waals surface area (Å²) in [5.74, 6) is 0. The first-order valence-electron chi connectivity index (χ1n) is 14.5. The topological polar surface area (TPSA) is 93.3 Å². The van der Waals surface area contributed by atoms with Crippen LogP contribution in [0.4, 0.5) is 5.69 Å². The monoisotopic (exact) mass is 594 g/mol. The number of non-ortho nitro benzene ring substituents is 1. The summed E-state index contributed by atoms with van der Waals surface area (Å²) in [7, 11) is 0. The fourth-order valence-corrected chi connectivity index (χ4v) is 7.61. The van der Waals surface area contributed by atoms with Crippen LogP contribution in [-0.4, -0.2) is 14.5 Å². The van der Waals surface area contributed by atoms with Crippen molar-refractivity contribution in [2.45, 2.75) is 25.8 Å². The number of rotatable bonds is 4. The van der Waals surface area contributed by atoms with Gasteiger partial charge in [0.05, 0.1) is 26.9 Å². The molecule has 3 heterocycles. The third kappa shape index (κ3) is 4.10. The second-order valence-electron chi connectivity index (χ2n) is 11.2. The van der Waals surface area contributed by atoms with E-state index >= 15 is 0 Å². The van der Waals surface area contributed by atoms with Gasteiger partial charge in [-0.3, -0.25) is 19.5 Å². The van der Waals surface area contributed by atoms with Crippen LogP contribution in [0.15, 0.2) is 112 Å². The number of nitro groups is 1. The molecule has 1 N–H and O–H groups in total. The minimum Gasteiger partial charge on any atom is -0.354 e. The number of thiazole rings is 1. The van der Waals surface area contributed by atoms with Crippen LogP contribution in [0, 0.1) is 17.0 Å². The normalized spacial score (nSPS) is 15.9. The predicted molar refractivity (Wildman–Crippen MR) is 174 cm³/mol. The third-order valence-corrected chi connectivity index (χ3v) is 9.67. The molecule has 0 saturated carbocycles. The maximum atomic E-state index is 14.4. The Morgan fingerprint density at radius 1 is 0.977 bits per heavy atom. The van der Waals surface area contributed by atoms with E-state index in [0.29, 0.717) is 21.3 Å².